The van der Waals surface area contributed by atoms with E-state index in [2.05, 4.69) is 6.92 Å². The zero-order chi connectivity index (χ0) is 12.8. The van der Waals surface area contributed by atoms with Gasteiger partial charge in [-0.3, -0.25) is 0 Å². The molecule has 0 unspecified atom stereocenters. The Bertz CT molecular complexity index is 492. The number of phenolic OH excluding ortho intramolecular Hbond substituents is 1. The molecule has 0 fully saturated rings. The third kappa shape index (κ3) is 3.27. The minimum atomic E-state index is 0.297. The van der Waals surface area contributed by atoms with E-state index in [0.29, 0.717) is 12.4 Å². The highest BCUT2D eigenvalue weighted by Gasteiger charge is 2.04. The van der Waals surface area contributed by atoms with Crippen LogP contribution in [0.5, 0.6) is 11.5 Å². The van der Waals surface area contributed by atoms with Gasteiger partial charge in [0.15, 0.2) is 0 Å². The predicted octanol–water partition coefficient (Wildman–Crippen LogP) is 3.92. The lowest BCUT2D eigenvalue weighted by atomic mass is 10.1. The van der Waals surface area contributed by atoms with E-state index in [4.69, 9.17) is 4.74 Å². The summed E-state index contributed by atoms with van der Waals surface area (Å²) in [5.74, 6) is 1.16. The minimum absolute atomic E-state index is 0.297. The lowest BCUT2D eigenvalue weighted by Gasteiger charge is -2.11. The van der Waals surface area contributed by atoms with E-state index >= 15 is 0 Å². The molecular weight excluding hydrogens is 224 g/mol. The zero-order valence-electron chi connectivity index (χ0n) is 10.6. The van der Waals surface area contributed by atoms with Gasteiger partial charge in [-0.15, -0.1) is 0 Å². The van der Waals surface area contributed by atoms with Crippen LogP contribution in [0.2, 0.25) is 0 Å². The first-order chi connectivity index (χ1) is 8.79. The molecule has 0 amide bonds. The van der Waals surface area contributed by atoms with Gasteiger partial charge in [0.2, 0.25) is 0 Å². The molecule has 0 atom stereocenters. The fourth-order valence-electron chi connectivity index (χ4n) is 1.91. The SMILES string of the molecule is CCCc1cc(O)ccc1OCc1ccccc1. The van der Waals surface area contributed by atoms with E-state index in [-0.39, 0.29) is 0 Å². The molecule has 2 aromatic carbocycles. The zero-order valence-corrected chi connectivity index (χ0v) is 10.6. The van der Waals surface area contributed by atoms with Gasteiger partial charge in [0.25, 0.3) is 0 Å². The van der Waals surface area contributed by atoms with Crippen molar-refractivity contribution < 1.29 is 9.84 Å². The van der Waals surface area contributed by atoms with Gasteiger partial charge in [0, 0.05) is 0 Å². The highest BCUT2D eigenvalue weighted by molar-refractivity contribution is 5.39. The molecule has 0 heterocycles. The second kappa shape index (κ2) is 6.10. The largest absolute Gasteiger partial charge is 0.508 e. The summed E-state index contributed by atoms with van der Waals surface area (Å²) < 4.78 is 5.82. The molecule has 2 rings (SSSR count). The van der Waals surface area contributed by atoms with E-state index in [1.165, 1.54) is 0 Å². The molecule has 18 heavy (non-hydrogen) atoms. The summed E-state index contributed by atoms with van der Waals surface area (Å²) in [6.07, 6.45) is 1.95. The van der Waals surface area contributed by atoms with Crippen LogP contribution < -0.4 is 4.74 Å². The Kier molecular flexibility index (Phi) is 4.24. The van der Waals surface area contributed by atoms with Crippen LogP contribution in [0, 0.1) is 0 Å². The minimum Gasteiger partial charge on any atom is -0.508 e. The van der Waals surface area contributed by atoms with Crippen LogP contribution in [0.15, 0.2) is 48.5 Å². The molecule has 0 aliphatic heterocycles. The Morgan fingerprint density at radius 3 is 2.56 bits per heavy atom. The maximum Gasteiger partial charge on any atom is 0.123 e. The lowest BCUT2D eigenvalue weighted by Crippen LogP contribution is -1.98. The molecule has 0 spiro atoms. The number of hydrogen-bond donors (Lipinski definition) is 1. The van der Waals surface area contributed by atoms with Crippen molar-refractivity contribution in [2.24, 2.45) is 0 Å². The van der Waals surface area contributed by atoms with Crippen LogP contribution in [-0.2, 0) is 13.0 Å². The maximum atomic E-state index is 9.49. The number of ether oxygens (including phenoxy) is 1. The van der Waals surface area contributed by atoms with Gasteiger partial charge in [0.1, 0.15) is 18.1 Å². The van der Waals surface area contributed by atoms with Crippen LogP contribution in [0.25, 0.3) is 0 Å². The predicted molar refractivity (Wildman–Crippen MR) is 72.9 cm³/mol. The molecule has 2 heteroatoms. The molecule has 1 N–H and O–H groups in total. The summed E-state index contributed by atoms with van der Waals surface area (Å²) in [6.45, 7) is 2.67. The van der Waals surface area contributed by atoms with Crippen LogP contribution in [0.1, 0.15) is 24.5 Å². The Hall–Kier alpha value is -1.96. The molecule has 2 nitrogen and oxygen atoms in total. The van der Waals surface area contributed by atoms with Gasteiger partial charge in [-0.1, -0.05) is 43.7 Å². The molecule has 0 saturated carbocycles. The lowest BCUT2D eigenvalue weighted by molar-refractivity contribution is 0.302. The second-order valence-electron chi connectivity index (χ2n) is 4.32. The van der Waals surface area contributed by atoms with Crippen LogP contribution in [0.3, 0.4) is 0 Å². The van der Waals surface area contributed by atoms with Crippen LogP contribution >= 0.6 is 0 Å². The van der Waals surface area contributed by atoms with Crippen molar-refractivity contribution in [1.29, 1.82) is 0 Å². The Morgan fingerprint density at radius 1 is 1.06 bits per heavy atom. The third-order valence-electron chi connectivity index (χ3n) is 2.80. The van der Waals surface area contributed by atoms with E-state index < -0.39 is 0 Å². The first-order valence-electron chi connectivity index (χ1n) is 6.28. The number of benzene rings is 2. The smallest absolute Gasteiger partial charge is 0.123 e. The van der Waals surface area contributed by atoms with Crippen molar-refractivity contribution in [3.63, 3.8) is 0 Å². The number of rotatable bonds is 5. The van der Waals surface area contributed by atoms with Crippen LogP contribution in [0.4, 0.5) is 0 Å². The normalized spacial score (nSPS) is 10.3. The number of hydrogen-bond acceptors (Lipinski definition) is 2. The molecule has 2 aromatic rings. The highest BCUT2D eigenvalue weighted by Crippen LogP contribution is 2.25. The van der Waals surface area contributed by atoms with E-state index in [9.17, 15) is 5.11 Å². The number of phenols is 1. The van der Waals surface area contributed by atoms with Crippen molar-refractivity contribution in [1.82, 2.24) is 0 Å². The monoisotopic (exact) mass is 242 g/mol. The number of aromatic hydroxyl groups is 1. The first-order valence-corrected chi connectivity index (χ1v) is 6.28. The molecule has 0 aliphatic carbocycles. The fraction of sp³-hybridized carbons (Fsp3) is 0.250. The third-order valence-corrected chi connectivity index (χ3v) is 2.80. The van der Waals surface area contributed by atoms with Crippen molar-refractivity contribution >= 4 is 0 Å². The van der Waals surface area contributed by atoms with Crippen molar-refractivity contribution in [2.45, 2.75) is 26.4 Å². The van der Waals surface area contributed by atoms with Gasteiger partial charge < -0.3 is 9.84 Å². The van der Waals surface area contributed by atoms with Crippen molar-refractivity contribution in [3.8, 4) is 11.5 Å². The molecular formula is C16H18O2. The summed E-state index contributed by atoms with van der Waals surface area (Å²) >= 11 is 0. The Balaban J connectivity index is 2.09. The van der Waals surface area contributed by atoms with Gasteiger partial charge in [-0.25, -0.2) is 0 Å². The summed E-state index contributed by atoms with van der Waals surface area (Å²) in [6, 6.07) is 15.4. The fourth-order valence-corrected chi connectivity index (χ4v) is 1.91. The summed E-state index contributed by atoms with van der Waals surface area (Å²) in [5.41, 5.74) is 2.21. The van der Waals surface area contributed by atoms with E-state index in [0.717, 1.165) is 29.7 Å². The molecule has 0 aliphatic rings. The first kappa shape index (κ1) is 12.5. The molecule has 0 radical (unpaired) electrons. The van der Waals surface area contributed by atoms with Gasteiger partial charge in [-0.2, -0.15) is 0 Å². The quantitative estimate of drug-likeness (QED) is 0.861. The van der Waals surface area contributed by atoms with Gasteiger partial charge in [-0.05, 0) is 35.7 Å². The van der Waals surface area contributed by atoms with Gasteiger partial charge >= 0.3 is 0 Å². The van der Waals surface area contributed by atoms with Crippen LogP contribution in [-0.4, -0.2) is 5.11 Å². The molecule has 0 aromatic heterocycles. The molecule has 0 bridgehead atoms. The van der Waals surface area contributed by atoms with Crippen molar-refractivity contribution in [2.75, 3.05) is 0 Å². The Morgan fingerprint density at radius 2 is 1.83 bits per heavy atom. The maximum absolute atomic E-state index is 9.49. The molecule has 94 valence electrons. The summed E-state index contributed by atoms with van der Waals surface area (Å²) in [7, 11) is 0. The standard InChI is InChI=1S/C16H18O2/c1-2-6-14-11-15(17)9-10-16(14)18-12-13-7-4-3-5-8-13/h3-5,7-11,17H,2,6,12H2,1H3. The summed E-state index contributed by atoms with van der Waals surface area (Å²) in [4.78, 5) is 0. The second-order valence-corrected chi connectivity index (χ2v) is 4.32. The Labute approximate surface area is 108 Å². The average Bonchev–Trinajstić information content (AvgIpc) is 2.39. The highest BCUT2D eigenvalue weighted by atomic mass is 16.5. The van der Waals surface area contributed by atoms with E-state index in [1.807, 2.05) is 36.4 Å². The molecule has 0 saturated heterocycles. The average molecular weight is 242 g/mol. The summed E-state index contributed by atoms with van der Waals surface area (Å²) in [5, 5.41) is 9.49. The van der Waals surface area contributed by atoms with E-state index in [1.54, 1.807) is 12.1 Å². The van der Waals surface area contributed by atoms with Gasteiger partial charge in [0.05, 0.1) is 0 Å². The topological polar surface area (TPSA) is 29.5 Å². The number of aryl methyl sites for hydroxylation is 1. The van der Waals surface area contributed by atoms with Crippen molar-refractivity contribution in [3.05, 3.63) is 59.7 Å².